The van der Waals surface area contributed by atoms with Crippen LogP contribution in [0.4, 0.5) is 5.69 Å². The topological polar surface area (TPSA) is 58.6 Å². The van der Waals surface area contributed by atoms with Crippen LogP contribution in [0.3, 0.4) is 0 Å². The van der Waals surface area contributed by atoms with Crippen LogP contribution in [-0.2, 0) is 9.59 Å². The van der Waals surface area contributed by atoms with Crippen molar-refractivity contribution in [2.75, 3.05) is 18.5 Å². The van der Waals surface area contributed by atoms with Gasteiger partial charge in [-0.25, -0.2) is 0 Å². The van der Waals surface area contributed by atoms with E-state index in [1.54, 1.807) is 24.3 Å². The van der Waals surface area contributed by atoms with Crippen LogP contribution in [0.1, 0.15) is 16.7 Å². The van der Waals surface area contributed by atoms with Gasteiger partial charge in [0.25, 0.3) is 11.8 Å². The highest BCUT2D eigenvalue weighted by molar-refractivity contribution is 8.26. The van der Waals surface area contributed by atoms with E-state index in [1.165, 1.54) is 16.7 Å². The maximum absolute atomic E-state index is 12.4. The second-order valence-corrected chi connectivity index (χ2v) is 8.48. The van der Waals surface area contributed by atoms with E-state index in [4.69, 9.17) is 17.0 Å². The largest absolute Gasteiger partial charge is 0.484 e. The molecular weight excluding hydrogens is 416 g/mol. The summed E-state index contributed by atoms with van der Waals surface area (Å²) < 4.78 is 6.11. The van der Waals surface area contributed by atoms with Crippen molar-refractivity contribution in [3.8, 4) is 5.75 Å². The van der Waals surface area contributed by atoms with Crippen molar-refractivity contribution in [1.82, 2.24) is 4.90 Å². The Morgan fingerprint density at radius 1 is 1.23 bits per heavy atom. The number of anilines is 1. The number of rotatable bonds is 7. The molecule has 30 heavy (non-hydrogen) atoms. The number of nitrogens with one attached hydrogen (secondary N) is 1. The molecule has 2 aromatic carbocycles. The van der Waals surface area contributed by atoms with E-state index in [0.717, 1.165) is 22.4 Å². The molecule has 3 rings (SSSR count). The van der Waals surface area contributed by atoms with E-state index in [1.807, 2.05) is 44.2 Å². The SMILES string of the molecule is C=CCN1C(=O)/C(=C/c2ccc(OCC(=O)Nc3cc(C)ccc3C)cc2)SC1=S. The fourth-order valence-electron chi connectivity index (χ4n) is 2.80. The lowest BCUT2D eigenvalue weighted by Gasteiger charge is -2.11. The second-order valence-electron chi connectivity index (χ2n) is 6.81. The summed E-state index contributed by atoms with van der Waals surface area (Å²) in [6.45, 7) is 7.88. The number of thioether (sulfide) groups is 1. The van der Waals surface area contributed by atoms with Gasteiger partial charge in [-0.15, -0.1) is 6.58 Å². The molecule has 1 aliphatic heterocycles. The lowest BCUT2D eigenvalue weighted by molar-refractivity contribution is -0.121. The summed E-state index contributed by atoms with van der Waals surface area (Å²) >= 11 is 6.51. The van der Waals surface area contributed by atoms with Crippen molar-refractivity contribution >= 4 is 51.9 Å². The van der Waals surface area contributed by atoms with Crippen LogP contribution in [0.25, 0.3) is 6.08 Å². The second kappa shape index (κ2) is 9.73. The Balaban J connectivity index is 1.58. The highest BCUT2D eigenvalue weighted by Crippen LogP contribution is 2.32. The van der Waals surface area contributed by atoms with Gasteiger partial charge >= 0.3 is 0 Å². The van der Waals surface area contributed by atoms with Crippen LogP contribution in [0.2, 0.25) is 0 Å². The first kappa shape index (κ1) is 21.8. The zero-order valence-electron chi connectivity index (χ0n) is 16.8. The molecule has 1 saturated heterocycles. The molecule has 0 spiro atoms. The molecule has 1 heterocycles. The summed E-state index contributed by atoms with van der Waals surface area (Å²) in [6, 6.07) is 13.1. The summed E-state index contributed by atoms with van der Waals surface area (Å²) in [5.41, 5.74) is 3.71. The van der Waals surface area contributed by atoms with E-state index in [9.17, 15) is 9.59 Å². The fourth-order valence-corrected chi connectivity index (χ4v) is 4.08. The van der Waals surface area contributed by atoms with Gasteiger partial charge in [0.2, 0.25) is 0 Å². The molecule has 2 amide bonds. The molecule has 0 saturated carbocycles. The van der Waals surface area contributed by atoms with Gasteiger partial charge in [0, 0.05) is 12.2 Å². The van der Waals surface area contributed by atoms with Crippen LogP contribution < -0.4 is 10.1 Å². The Labute approximate surface area is 185 Å². The molecule has 0 aliphatic carbocycles. The first-order valence-electron chi connectivity index (χ1n) is 9.33. The molecule has 1 aliphatic rings. The molecule has 1 N–H and O–H groups in total. The standard InChI is InChI=1S/C23H22N2O3S2/c1-4-11-25-22(27)20(30-23(25)29)13-17-7-9-18(10-8-17)28-14-21(26)24-19-12-15(2)5-6-16(19)3/h4-10,12-13H,1,11,14H2,2-3H3,(H,24,26)/b20-13-. The number of nitrogens with zero attached hydrogens (tertiary/aromatic N) is 1. The molecule has 0 radical (unpaired) electrons. The van der Waals surface area contributed by atoms with Crippen LogP contribution in [0, 0.1) is 13.8 Å². The predicted molar refractivity (Wildman–Crippen MR) is 127 cm³/mol. The predicted octanol–water partition coefficient (Wildman–Crippen LogP) is 4.71. The summed E-state index contributed by atoms with van der Waals surface area (Å²) in [6.07, 6.45) is 3.44. The Bertz CT molecular complexity index is 1030. The average Bonchev–Trinajstić information content (AvgIpc) is 2.98. The van der Waals surface area contributed by atoms with E-state index in [2.05, 4.69) is 11.9 Å². The molecule has 5 nitrogen and oxygen atoms in total. The molecule has 0 atom stereocenters. The normalized spacial score (nSPS) is 14.9. The quantitative estimate of drug-likeness (QED) is 0.385. The summed E-state index contributed by atoms with van der Waals surface area (Å²) in [4.78, 5) is 26.7. The lowest BCUT2D eigenvalue weighted by atomic mass is 10.1. The van der Waals surface area contributed by atoms with Gasteiger partial charge in [0.15, 0.2) is 6.61 Å². The molecule has 7 heteroatoms. The monoisotopic (exact) mass is 438 g/mol. The summed E-state index contributed by atoms with van der Waals surface area (Å²) in [5, 5.41) is 2.87. The molecule has 1 fully saturated rings. The van der Waals surface area contributed by atoms with Gasteiger partial charge < -0.3 is 10.1 Å². The molecule has 0 bridgehead atoms. The van der Waals surface area contributed by atoms with Crippen molar-refractivity contribution in [2.24, 2.45) is 0 Å². The number of carbonyl (C=O) groups excluding carboxylic acids is 2. The number of ether oxygens (including phenoxy) is 1. The van der Waals surface area contributed by atoms with Gasteiger partial charge in [-0.3, -0.25) is 14.5 Å². The molecule has 0 unspecified atom stereocenters. The number of amides is 2. The van der Waals surface area contributed by atoms with Crippen LogP contribution >= 0.6 is 24.0 Å². The summed E-state index contributed by atoms with van der Waals surface area (Å²) in [5.74, 6) is 0.231. The van der Waals surface area contributed by atoms with E-state index >= 15 is 0 Å². The number of hydrogen-bond donors (Lipinski definition) is 1. The highest BCUT2D eigenvalue weighted by Gasteiger charge is 2.30. The van der Waals surface area contributed by atoms with Gasteiger partial charge in [-0.1, -0.05) is 54.3 Å². The zero-order valence-corrected chi connectivity index (χ0v) is 18.4. The number of hydrogen-bond acceptors (Lipinski definition) is 5. The third-order valence-corrected chi connectivity index (χ3v) is 5.78. The molecular formula is C23H22N2O3S2. The minimum atomic E-state index is -0.223. The van der Waals surface area contributed by atoms with Gasteiger partial charge in [-0.2, -0.15) is 0 Å². The number of thiocarbonyl (C=S) groups is 1. The van der Waals surface area contributed by atoms with Crippen molar-refractivity contribution in [2.45, 2.75) is 13.8 Å². The maximum Gasteiger partial charge on any atom is 0.266 e. The molecule has 2 aromatic rings. The van der Waals surface area contributed by atoms with E-state index in [0.29, 0.717) is 21.5 Å². The van der Waals surface area contributed by atoms with Crippen LogP contribution in [0.15, 0.2) is 60.0 Å². The first-order chi connectivity index (χ1) is 14.4. The van der Waals surface area contributed by atoms with E-state index < -0.39 is 0 Å². The Morgan fingerprint density at radius 3 is 2.67 bits per heavy atom. The highest BCUT2D eigenvalue weighted by atomic mass is 32.2. The van der Waals surface area contributed by atoms with Gasteiger partial charge in [0.05, 0.1) is 4.91 Å². The third kappa shape index (κ3) is 5.37. The van der Waals surface area contributed by atoms with Crippen molar-refractivity contribution in [3.05, 3.63) is 76.7 Å². The Hall–Kier alpha value is -2.90. The zero-order chi connectivity index (χ0) is 21.7. The van der Waals surface area contributed by atoms with Crippen molar-refractivity contribution < 1.29 is 14.3 Å². The number of aryl methyl sites for hydroxylation is 2. The smallest absolute Gasteiger partial charge is 0.266 e. The van der Waals surface area contributed by atoms with Gasteiger partial charge in [0.1, 0.15) is 10.1 Å². The van der Waals surface area contributed by atoms with Crippen molar-refractivity contribution in [1.29, 1.82) is 0 Å². The van der Waals surface area contributed by atoms with Crippen molar-refractivity contribution in [3.63, 3.8) is 0 Å². The fraction of sp³-hybridized carbons (Fsp3) is 0.174. The van der Waals surface area contributed by atoms with Crippen LogP contribution in [-0.4, -0.2) is 34.2 Å². The van der Waals surface area contributed by atoms with E-state index in [-0.39, 0.29) is 18.4 Å². The lowest BCUT2D eigenvalue weighted by Crippen LogP contribution is -2.27. The Kier molecular flexibility index (Phi) is 7.07. The average molecular weight is 439 g/mol. The number of carbonyl (C=O) groups is 2. The van der Waals surface area contributed by atoms with Crippen LogP contribution in [0.5, 0.6) is 5.75 Å². The molecule has 154 valence electrons. The minimum absolute atomic E-state index is 0.0903. The summed E-state index contributed by atoms with van der Waals surface area (Å²) in [7, 11) is 0. The molecule has 0 aromatic heterocycles. The Morgan fingerprint density at radius 2 is 1.97 bits per heavy atom. The number of benzene rings is 2. The third-order valence-electron chi connectivity index (χ3n) is 4.40. The minimum Gasteiger partial charge on any atom is -0.484 e. The van der Waals surface area contributed by atoms with Gasteiger partial charge in [-0.05, 0) is 54.8 Å². The maximum atomic E-state index is 12.4. The first-order valence-corrected chi connectivity index (χ1v) is 10.6.